The summed E-state index contributed by atoms with van der Waals surface area (Å²) in [5.41, 5.74) is 3.58. The van der Waals surface area contributed by atoms with Gasteiger partial charge in [-0.1, -0.05) is 51.1 Å². The quantitative estimate of drug-likeness (QED) is 0.305. The van der Waals surface area contributed by atoms with Gasteiger partial charge in [0.2, 0.25) is 0 Å². The van der Waals surface area contributed by atoms with Crippen molar-refractivity contribution in [3.63, 3.8) is 0 Å². The lowest BCUT2D eigenvalue weighted by molar-refractivity contribution is 0.0264. The van der Waals surface area contributed by atoms with Gasteiger partial charge in [-0.3, -0.25) is 4.79 Å². The van der Waals surface area contributed by atoms with E-state index < -0.39 is 8.32 Å². The molecule has 8 heteroatoms. The molecule has 0 radical (unpaired) electrons. The second-order valence-corrected chi connectivity index (χ2v) is 16.5. The summed E-state index contributed by atoms with van der Waals surface area (Å²) >= 11 is 0. The van der Waals surface area contributed by atoms with Gasteiger partial charge in [0.1, 0.15) is 11.5 Å². The molecule has 0 atom stereocenters. The largest absolute Gasteiger partial charge is 0.413 e. The molecule has 1 fully saturated rings. The average Bonchev–Trinajstić information content (AvgIpc) is 3.33. The van der Waals surface area contributed by atoms with E-state index >= 15 is 4.39 Å². The highest BCUT2D eigenvalue weighted by atomic mass is 28.4. The van der Waals surface area contributed by atoms with Crippen LogP contribution in [0.1, 0.15) is 55.2 Å². The van der Waals surface area contributed by atoms with Crippen LogP contribution in [0.3, 0.4) is 0 Å². The number of rotatable bonds is 8. The molecule has 0 N–H and O–H groups in total. The van der Waals surface area contributed by atoms with Crippen molar-refractivity contribution in [1.82, 2.24) is 14.5 Å². The predicted molar refractivity (Wildman–Crippen MR) is 151 cm³/mol. The Morgan fingerprint density at radius 3 is 2.53 bits per heavy atom. The van der Waals surface area contributed by atoms with Gasteiger partial charge in [-0.25, -0.2) is 9.37 Å². The normalized spacial score (nSPS) is 15.0. The Balaban J connectivity index is 1.63. The molecule has 0 bridgehead atoms. The molecule has 0 aliphatic carbocycles. The summed E-state index contributed by atoms with van der Waals surface area (Å²) in [5, 5.41) is 0.0842. The molecule has 3 aromatic rings. The summed E-state index contributed by atoms with van der Waals surface area (Å²) in [6.45, 7) is 13.1. The van der Waals surface area contributed by atoms with Crippen LogP contribution in [-0.4, -0.2) is 47.9 Å². The number of nitrogens with zero attached hydrogens (tertiary/aromatic N) is 3. The van der Waals surface area contributed by atoms with E-state index in [0.717, 1.165) is 29.5 Å². The van der Waals surface area contributed by atoms with Gasteiger partial charge in [-0.05, 0) is 59.8 Å². The first-order valence-corrected chi connectivity index (χ1v) is 16.2. The molecule has 4 rings (SSSR count). The zero-order chi connectivity index (χ0) is 27.5. The molecular formula is C30H40FN3O3Si. The molecule has 6 nitrogen and oxygen atoms in total. The number of hydrogen-bond acceptors (Lipinski definition) is 4. The van der Waals surface area contributed by atoms with Crippen LogP contribution in [0.4, 0.5) is 4.39 Å². The number of imidazole rings is 1. The fourth-order valence-corrected chi connectivity index (χ4v) is 5.44. The number of amides is 1. The first-order valence-electron chi connectivity index (χ1n) is 13.3. The molecule has 0 spiro atoms. The van der Waals surface area contributed by atoms with Crippen LogP contribution >= 0.6 is 0 Å². The number of aryl methyl sites for hydroxylation is 1. The molecule has 1 saturated heterocycles. The third kappa shape index (κ3) is 6.42. The van der Waals surface area contributed by atoms with Crippen molar-refractivity contribution < 1.29 is 18.3 Å². The molecule has 0 unspecified atom stereocenters. The van der Waals surface area contributed by atoms with Gasteiger partial charge in [-0.2, -0.15) is 0 Å². The molecule has 204 valence electrons. The Morgan fingerprint density at radius 2 is 1.87 bits per heavy atom. The topological polar surface area (TPSA) is 56.6 Å². The van der Waals surface area contributed by atoms with E-state index in [2.05, 4.69) is 38.8 Å². The van der Waals surface area contributed by atoms with Crippen LogP contribution in [0.15, 0.2) is 55.0 Å². The highest BCUT2D eigenvalue weighted by molar-refractivity contribution is 6.74. The van der Waals surface area contributed by atoms with Crippen molar-refractivity contribution in [1.29, 1.82) is 0 Å². The number of ether oxygens (including phenoxy) is 1. The second kappa shape index (κ2) is 11.5. The fraction of sp³-hybridized carbons (Fsp3) is 0.467. The maximum Gasteiger partial charge on any atom is 0.274 e. The zero-order valence-corrected chi connectivity index (χ0v) is 24.5. The standard InChI is InChI=1S/C30H40FN3O3Si/c1-30(2,3)38(5,6)37-20-23-9-7-8-10-25(23)26-17-22(11-12-27(26)31)18-34(24-13-15-36-16-14-24)29(35)28-19-33(4)21-32-28/h7-12,17,19,21,24H,13-16,18,20H2,1-6H3. The number of carbonyl (C=O) groups excluding carboxylic acids is 1. The van der Waals surface area contributed by atoms with Crippen LogP contribution in [0.25, 0.3) is 11.1 Å². The molecule has 2 heterocycles. The maximum atomic E-state index is 15.3. The van der Waals surface area contributed by atoms with E-state index in [1.165, 1.54) is 6.07 Å². The second-order valence-electron chi connectivity index (χ2n) is 11.7. The first kappa shape index (κ1) is 28.2. The van der Waals surface area contributed by atoms with Crippen LogP contribution in [0.2, 0.25) is 18.1 Å². The summed E-state index contributed by atoms with van der Waals surface area (Å²) in [4.78, 5) is 19.7. The van der Waals surface area contributed by atoms with Gasteiger partial charge in [0.05, 0.1) is 12.9 Å². The molecule has 1 aliphatic heterocycles. The first-order chi connectivity index (χ1) is 18.0. The monoisotopic (exact) mass is 537 g/mol. The van der Waals surface area contributed by atoms with Crippen LogP contribution in [-0.2, 0) is 29.4 Å². The molecule has 1 aromatic heterocycles. The minimum Gasteiger partial charge on any atom is -0.413 e. The number of benzene rings is 2. The SMILES string of the molecule is Cn1cnc(C(=O)N(Cc2ccc(F)c(-c3ccccc3CO[Si](C)(C)C(C)(C)C)c2)C2CCOCC2)c1. The van der Waals surface area contributed by atoms with E-state index in [9.17, 15) is 4.79 Å². The highest BCUT2D eigenvalue weighted by Crippen LogP contribution is 2.38. The van der Waals surface area contributed by atoms with Crippen LogP contribution in [0, 0.1) is 5.82 Å². The average molecular weight is 538 g/mol. The van der Waals surface area contributed by atoms with Gasteiger partial charge < -0.3 is 18.6 Å². The molecule has 1 amide bonds. The van der Waals surface area contributed by atoms with Gasteiger partial charge in [0.25, 0.3) is 5.91 Å². The molecule has 38 heavy (non-hydrogen) atoms. The van der Waals surface area contributed by atoms with Gasteiger partial charge in [0, 0.05) is 44.6 Å². The number of aromatic nitrogens is 2. The van der Waals surface area contributed by atoms with E-state index in [1.54, 1.807) is 23.2 Å². The minimum absolute atomic E-state index is 0.0389. The Kier molecular flexibility index (Phi) is 8.54. The number of halogens is 1. The predicted octanol–water partition coefficient (Wildman–Crippen LogP) is 6.57. The van der Waals surface area contributed by atoms with Crippen LogP contribution < -0.4 is 0 Å². The molecule has 2 aromatic carbocycles. The smallest absolute Gasteiger partial charge is 0.274 e. The van der Waals surface area contributed by atoms with Crippen LogP contribution in [0.5, 0.6) is 0 Å². The fourth-order valence-electron chi connectivity index (χ4n) is 4.49. The highest BCUT2D eigenvalue weighted by Gasteiger charge is 2.37. The van der Waals surface area contributed by atoms with Gasteiger partial charge >= 0.3 is 0 Å². The van der Waals surface area contributed by atoms with Gasteiger partial charge in [0.15, 0.2) is 8.32 Å². The number of hydrogen-bond donors (Lipinski definition) is 0. The van der Waals surface area contributed by atoms with E-state index in [-0.39, 0.29) is 22.8 Å². The van der Waals surface area contributed by atoms with E-state index in [4.69, 9.17) is 9.16 Å². The van der Waals surface area contributed by atoms with Crippen molar-refractivity contribution in [2.24, 2.45) is 7.05 Å². The lowest BCUT2D eigenvalue weighted by Gasteiger charge is -2.36. The molecular weight excluding hydrogens is 497 g/mol. The Hall–Kier alpha value is -2.81. The van der Waals surface area contributed by atoms with Crippen molar-refractivity contribution in [3.8, 4) is 11.1 Å². The minimum atomic E-state index is -1.98. The van der Waals surface area contributed by atoms with Crippen molar-refractivity contribution >= 4 is 14.2 Å². The van der Waals surface area contributed by atoms with E-state index in [0.29, 0.717) is 37.6 Å². The maximum absolute atomic E-state index is 15.3. The third-order valence-corrected chi connectivity index (χ3v) is 12.4. The lowest BCUT2D eigenvalue weighted by atomic mass is 9.97. The van der Waals surface area contributed by atoms with Crippen molar-refractivity contribution in [3.05, 3.63) is 77.6 Å². The van der Waals surface area contributed by atoms with Crippen molar-refractivity contribution in [2.75, 3.05) is 13.2 Å². The third-order valence-electron chi connectivity index (χ3n) is 7.90. The van der Waals surface area contributed by atoms with Gasteiger partial charge in [-0.15, -0.1) is 0 Å². The molecule has 0 saturated carbocycles. The molecule has 1 aliphatic rings. The summed E-state index contributed by atoms with van der Waals surface area (Å²) in [6.07, 6.45) is 4.90. The Bertz CT molecular complexity index is 1260. The number of carbonyl (C=O) groups is 1. The zero-order valence-electron chi connectivity index (χ0n) is 23.5. The van der Waals surface area contributed by atoms with E-state index in [1.807, 2.05) is 42.3 Å². The summed E-state index contributed by atoms with van der Waals surface area (Å²) < 4.78 is 29.1. The summed E-state index contributed by atoms with van der Waals surface area (Å²) in [6, 6.07) is 13.0. The summed E-state index contributed by atoms with van der Waals surface area (Å²) in [7, 11) is -0.128. The summed E-state index contributed by atoms with van der Waals surface area (Å²) in [5.74, 6) is -0.409. The van der Waals surface area contributed by atoms with Crippen molar-refractivity contribution in [2.45, 2.75) is 70.9 Å². The lowest BCUT2D eigenvalue weighted by Crippen LogP contribution is -2.43. The Labute approximate surface area is 226 Å². The Morgan fingerprint density at radius 1 is 1.16 bits per heavy atom.